The van der Waals surface area contributed by atoms with Crippen molar-refractivity contribution in [2.24, 2.45) is 11.8 Å². The quantitative estimate of drug-likeness (QED) is 0.808. The lowest BCUT2D eigenvalue weighted by Gasteiger charge is -2.38. The second-order valence-corrected chi connectivity index (χ2v) is 6.82. The van der Waals surface area contributed by atoms with E-state index in [9.17, 15) is 0 Å². The van der Waals surface area contributed by atoms with E-state index in [0.717, 1.165) is 17.9 Å². The van der Waals surface area contributed by atoms with Crippen LogP contribution >= 0.6 is 0 Å². The van der Waals surface area contributed by atoms with Gasteiger partial charge in [0.05, 0.1) is 0 Å². The van der Waals surface area contributed by atoms with E-state index in [1.807, 2.05) is 0 Å². The molecule has 1 aliphatic carbocycles. The van der Waals surface area contributed by atoms with Crippen molar-refractivity contribution in [3.8, 4) is 0 Å². The average molecular weight is 252 g/mol. The molecule has 1 unspecified atom stereocenters. The first-order valence-electron chi connectivity index (χ1n) is 8.20. The number of nitrogens with zero attached hydrogens (tertiary/aromatic N) is 1. The molecule has 1 heterocycles. The van der Waals surface area contributed by atoms with Gasteiger partial charge in [0.2, 0.25) is 0 Å². The fourth-order valence-electron chi connectivity index (χ4n) is 3.70. The predicted octanol–water partition coefficient (Wildman–Crippen LogP) is 3.28. The van der Waals surface area contributed by atoms with Crippen LogP contribution in [0.1, 0.15) is 58.8 Å². The van der Waals surface area contributed by atoms with E-state index in [1.165, 1.54) is 71.1 Å². The van der Waals surface area contributed by atoms with Crippen molar-refractivity contribution in [1.82, 2.24) is 10.2 Å². The highest BCUT2D eigenvalue weighted by molar-refractivity contribution is 4.81. The monoisotopic (exact) mass is 252 g/mol. The second-order valence-electron chi connectivity index (χ2n) is 6.82. The number of hydrogen-bond donors (Lipinski definition) is 1. The van der Waals surface area contributed by atoms with Crippen molar-refractivity contribution in [2.75, 3.05) is 26.2 Å². The van der Waals surface area contributed by atoms with Gasteiger partial charge in [-0.05, 0) is 31.2 Å². The van der Waals surface area contributed by atoms with E-state index < -0.39 is 0 Å². The Hall–Kier alpha value is -0.0800. The zero-order chi connectivity index (χ0) is 12.8. The van der Waals surface area contributed by atoms with Crippen LogP contribution in [-0.2, 0) is 0 Å². The van der Waals surface area contributed by atoms with Crippen molar-refractivity contribution in [3.63, 3.8) is 0 Å². The Labute approximate surface area is 114 Å². The van der Waals surface area contributed by atoms with Crippen LogP contribution < -0.4 is 5.32 Å². The van der Waals surface area contributed by atoms with Crippen molar-refractivity contribution in [3.05, 3.63) is 0 Å². The molecule has 2 rings (SSSR count). The third kappa shape index (κ3) is 4.55. The summed E-state index contributed by atoms with van der Waals surface area (Å²) in [5.41, 5.74) is 0. The van der Waals surface area contributed by atoms with Crippen LogP contribution in [0.5, 0.6) is 0 Å². The van der Waals surface area contributed by atoms with Gasteiger partial charge in [-0.15, -0.1) is 0 Å². The van der Waals surface area contributed by atoms with Gasteiger partial charge in [0, 0.05) is 25.7 Å². The van der Waals surface area contributed by atoms with Crippen LogP contribution in [0.2, 0.25) is 0 Å². The molecule has 0 aromatic carbocycles. The van der Waals surface area contributed by atoms with Crippen molar-refractivity contribution >= 4 is 0 Å². The Morgan fingerprint density at radius 1 is 1.17 bits per heavy atom. The van der Waals surface area contributed by atoms with E-state index in [0.29, 0.717) is 0 Å². The number of rotatable bonds is 5. The van der Waals surface area contributed by atoms with Crippen LogP contribution in [0.3, 0.4) is 0 Å². The first-order chi connectivity index (χ1) is 8.75. The van der Waals surface area contributed by atoms with Crippen LogP contribution in [-0.4, -0.2) is 37.1 Å². The number of hydrogen-bond acceptors (Lipinski definition) is 2. The fourth-order valence-corrected chi connectivity index (χ4v) is 3.70. The van der Waals surface area contributed by atoms with E-state index in [4.69, 9.17) is 0 Å². The molecule has 106 valence electrons. The smallest absolute Gasteiger partial charge is 0.0223 e. The first-order valence-corrected chi connectivity index (χ1v) is 8.20. The summed E-state index contributed by atoms with van der Waals surface area (Å²) in [5, 5.41) is 3.57. The molecule has 2 nitrogen and oxygen atoms in total. The lowest BCUT2D eigenvalue weighted by Crippen LogP contribution is -2.52. The normalized spacial score (nSPS) is 27.8. The Kier molecular flexibility index (Phi) is 5.97. The minimum absolute atomic E-state index is 0.794. The molecule has 1 saturated carbocycles. The summed E-state index contributed by atoms with van der Waals surface area (Å²) >= 11 is 0. The van der Waals surface area contributed by atoms with Gasteiger partial charge in [-0.25, -0.2) is 0 Å². The van der Waals surface area contributed by atoms with E-state index in [1.54, 1.807) is 0 Å². The summed E-state index contributed by atoms with van der Waals surface area (Å²) in [5.74, 6) is 1.86. The van der Waals surface area contributed by atoms with Crippen molar-refractivity contribution < 1.29 is 0 Å². The third-order valence-electron chi connectivity index (χ3n) is 4.76. The van der Waals surface area contributed by atoms with E-state index >= 15 is 0 Å². The molecule has 0 aromatic rings. The summed E-state index contributed by atoms with van der Waals surface area (Å²) in [6, 6.07) is 0.794. The minimum Gasteiger partial charge on any atom is -0.314 e. The molecular weight excluding hydrogens is 220 g/mol. The van der Waals surface area contributed by atoms with Gasteiger partial charge in [-0.2, -0.15) is 0 Å². The molecule has 0 aromatic heterocycles. The summed E-state index contributed by atoms with van der Waals surface area (Å²) in [7, 11) is 0. The van der Waals surface area contributed by atoms with Gasteiger partial charge in [0.1, 0.15) is 0 Å². The average Bonchev–Trinajstić information content (AvgIpc) is 2.38. The van der Waals surface area contributed by atoms with Gasteiger partial charge >= 0.3 is 0 Å². The molecule has 0 bridgehead atoms. The highest BCUT2D eigenvalue weighted by Crippen LogP contribution is 2.27. The van der Waals surface area contributed by atoms with Crippen LogP contribution in [0.4, 0.5) is 0 Å². The lowest BCUT2D eigenvalue weighted by molar-refractivity contribution is 0.128. The van der Waals surface area contributed by atoms with Gasteiger partial charge in [0.25, 0.3) is 0 Å². The lowest BCUT2D eigenvalue weighted by atomic mass is 9.86. The van der Waals surface area contributed by atoms with Crippen molar-refractivity contribution in [2.45, 2.75) is 64.8 Å². The van der Waals surface area contributed by atoms with Gasteiger partial charge in [-0.1, -0.05) is 46.0 Å². The zero-order valence-electron chi connectivity index (χ0n) is 12.5. The molecule has 1 N–H and O–H groups in total. The third-order valence-corrected chi connectivity index (χ3v) is 4.76. The maximum absolute atomic E-state index is 3.57. The maximum atomic E-state index is 3.57. The predicted molar refractivity (Wildman–Crippen MR) is 78.9 cm³/mol. The molecule has 1 atom stereocenters. The standard InChI is InChI=1S/C16H32N2/c1-14(2)12-16-13-17-9-11-18(16)10-8-15-6-4-3-5-7-15/h14-17H,3-13H2,1-2H3. The highest BCUT2D eigenvalue weighted by Gasteiger charge is 2.23. The Morgan fingerprint density at radius 2 is 1.94 bits per heavy atom. The van der Waals surface area contributed by atoms with Gasteiger partial charge in [0.15, 0.2) is 0 Å². The van der Waals surface area contributed by atoms with Crippen LogP contribution in [0.15, 0.2) is 0 Å². The van der Waals surface area contributed by atoms with Crippen LogP contribution in [0, 0.1) is 11.8 Å². The van der Waals surface area contributed by atoms with Gasteiger partial charge < -0.3 is 5.32 Å². The molecule has 2 fully saturated rings. The summed E-state index contributed by atoms with van der Waals surface area (Å²) in [4.78, 5) is 2.77. The SMILES string of the molecule is CC(C)CC1CNCCN1CCC1CCCCC1. The fraction of sp³-hybridized carbons (Fsp3) is 1.00. The minimum atomic E-state index is 0.794. The molecule has 0 spiro atoms. The molecule has 2 heteroatoms. The topological polar surface area (TPSA) is 15.3 Å². The molecule has 0 amide bonds. The summed E-state index contributed by atoms with van der Waals surface area (Å²) < 4.78 is 0. The van der Waals surface area contributed by atoms with Crippen molar-refractivity contribution in [1.29, 1.82) is 0 Å². The maximum Gasteiger partial charge on any atom is 0.0223 e. The Balaban J connectivity index is 1.74. The summed E-state index contributed by atoms with van der Waals surface area (Å²) in [6.45, 7) is 9.73. The highest BCUT2D eigenvalue weighted by atomic mass is 15.2. The number of nitrogens with one attached hydrogen (secondary N) is 1. The largest absolute Gasteiger partial charge is 0.314 e. The van der Waals surface area contributed by atoms with Crippen LogP contribution in [0.25, 0.3) is 0 Å². The molecular formula is C16H32N2. The first kappa shape index (κ1) is 14.3. The molecule has 0 radical (unpaired) electrons. The molecule has 18 heavy (non-hydrogen) atoms. The molecule has 1 aliphatic heterocycles. The van der Waals surface area contributed by atoms with Gasteiger partial charge in [-0.3, -0.25) is 4.90 Å². The Bertz CT molecular complexity index is 221. The molecule has 1 saturated heterocycles. The molecule has 2 aliphatic rings. The second kappa shape index (κ2) is 7.49. The number of piperazine rings is 1. The zero-order valence-corrected chi connectivity index (χ0v) is 12.5. The Morgan fingerprint density at radius 3 is 2.67 bits per heavy atom. The summed E-state index contributed by atoms with van der Waals surface area (Å²) in [6.07, 6.45) is 10.3. The van der Waals surface area contributed by atoms with E-state index in [2.05, 4.69) is 24.1 Å². The van der Waals surface area contributed by atoms with E-state index in [-0.39, 0.29) is 0 Å².